The molecule has 0 aliphatic heterocycles. The number of nitrogens with two attached hydrogens (primary N) is 1. The number of rotatable bonds is 5. The van der Waals surface area contributed by atoms with Crippen molar-refractivity contribution in [3.05, 3.63) is 28.8 Å². The van der Waals surface area contributed by atoms with E-state index in [1.165, 1.54) is 0 Å². The van der Waals surface area contributed by atoms with Gasteiger partial charge in [0.1, 0.15) is 0 Å². The second-order valence-corrected chi connectivity index (χ2v) is 5.53. The van der Waals surface area contributed by atoms with Crippen LogP contribution in [0.1, 0.15) is 24.8 Å². The molecule has 0 saturated heterocycles. The molecule has 0 heterocycles. The topological polar surface area (TPSA) is 84.2 Å². The lowest BCUT2D eigenvalue weighted by atomic mass is 10.2. The number of anilines is 1. The normalized spacial score (nSPS) is 15.6. The lowest BCUT2D eigenvalue weighted by Crippen LogP contribution is -2.43. The number of nitrogens with one attached hydrogen (secondary N) is 2. The van der Waals surface area contributed by atoms with E-state index in [9.17, 15) is 9.59 Å². The molecule has 1 aliphatic rings. The molecule has 2 amide bonds. The number of hydrogen-bond donors (Lipinski definition) is 3. The van der Waals surface area contributed by atoms with Gasteiger partial charge in [-0.05, 0) is 37.5 Å². The van der Waals surface area contributed by atoms with Gasteiger partial charge in [-0.1, -0.05) is 17.7 Å². The zero-order valence-corrected chi connectivity index (χ0v) is 12.1. The van der Waals surface area contributed by atoms with Crippen LogP contribution in [0.15, 0.2) is 18.2 Å². The first kappa shape index (κ1) is 14.8. The molecule has 1 aliphatic carbocycles. The van der Waals surface area contributed by atoms with Crippen molar-refractivity contribution in [2.24, 2.45) is 5.73 Å². The Kier molecular flexibility index (Phi) is 4.30. The number of carbonyl (C=O) groups excluding carboxylic acids is 2. The Balaban J connectivity index is 1.78. The first-order chi connectivity index (χ1) is 9.42. The molecule has 1 fully saturated rings. The third-order valence-electron chi connectivity index (χ3n) is 3.42. The summed E-state index contributed by atoms with van der Waals surface area (Å²) in [4.78, 5) is 23.4. The van der Waals surface area contributed by atoms with Gasteiger partial charge in [-0.3, -0.25) is 9.59 Å². The SMILES string of the molecule is Cc1c(Cl)cccc1NC(=O)CCNC(=O)C1(N)CC1. The van der Waals surface area contributed by atoms with Crippen LogP contribution in [0.3, 0.4) is 0 Å². The quantitative estimate of drug-likeness (QED) is 0.771. The van der Waals surface area contributed by atoms with Crippen LogP contribution in [-0.4, -0.2) is 23.9 Å². The maximum atomic E-state index is 11.8. The number of hydrogen-bond acceptors (Lipinski definition) is 3. The van der Waals surface area contributed by atoms with Crippen molar-refractivity contribution in [3.8, 4) is 0 Å². The summed E-state index contributed by atoms with van der Waals surface area (Å²) in [6.07, 6.45) is 1.63. The van der Waals surface area contributed by atoms with Crippen LogP contribution in [0.25, 0.3) is 0 Å². The average molecular weight is 296 g/mol. The van der Waals surface area contributed by atoms with Crippen molar-refractivity contribution >= 4 is 29.1 Å². The van der Waals surface area contributed by atoms with E-state index in [-0.39, 0.29) is 24.8 Å². The second-order valence-electron chi connectivity index (χ2n) is 5.12. The lowest BCUT2D eigenvalue weighted by Gasteiger charge is -2.11. The van der Waals surface area contributed by atoms with E-state index in [0.717, 1.165) is 5.56 Å². The summed E-state index contributed by atoms with van der Waals surface area (Å²) in [5, 5.41) is 6.06. The molecule has 0 unspecified atom stereocenters. The molecule has 1 aromatic rings. The Bertz CT molecular complexity index is 541. The number of carbonyl (C=O) groups is 2. The van der Waals surface area contributed by atoms with Crippen LogP contribution in [0, 0.1) is 6.92 Å². The summed E-state index contributed by atoms with van der Waals surface area (Å²) in [5.41, 5.74) is 6.56. The summed E-state index contributed by atoms with van der Waals surface area (Å²) in [5.74, 6) is -0.346. The first-order valence-electron chi connectivity index (χ1n) is 6.54. The largest absolute Gasteiger partial charge is 0.354 e. The van der Waals surface area contributed by atoms with Gasteiger partial charge in [0.2, 0.25) is 11.8 Å². The van der Waals surface area contributed by atoms with E-state index in [2.05, 4.69) is 10.6 Å². The lowest BCUT2D eigenvalue weighted by molar-refractivity contribution is -0.123. The number of benzene rings is 1. The average Bonchev–Trinajstić information content (AvgIpc) is 3.14. The standard InChI is InChI=1S/C14H18ClN3O2/c1-9-10(15)3-2-4-11(9)18-12(19)5-8-17-13(20)14(16)6-7-14/h2-4H,5-8,16H2,1H3,(H,17,20)(H,18,19). The Labute approximate surface area is 122 Å². The molecule has 5 nitrogen and oxygen atoms in total. The van der Waals surface area contributed by atoms with Crippen molar-refractivity contribution in [2.45, 2.75) is 31.7 Å². The number of halogens is 1. The van der Waals surface area contributed by atoms with E-state index in [1.807, 2.05) is 6.92 Å². The van der Waals surface area contributed by atoms with Gasteiger partial charge in [-0.2, -0.15) is 0 Å². The highest BCUT2D eigenvalue weighted by Gasteiger charge is 2.45. The van der Waals surface area contributed by atoms with Gasteiger partial charge in [-0.15, -0.1) is 0 Å². The van der Waals surface area contributed by atoms with E-state index < -0.39 is 5.54 Å². The third-order valence-corrected chi connectivity index (χ3v) is 3.83. The minimum Gasteiger partial charge on any atom is -0.354 e. The fourth-order valence-electron chi connectivity index (χ4n) is 1.78. The Morgan fingerprint density at radius 1 is 1.40 bits per heavy atom. The molecule has 0 bridgehead atoms. The van der Waals surface area contributed by atoms with Crippen molar-refractivity contribution in [1.82, 2.24) is 5.32 Å². The zero-order valence-electron chi connectivity index (χ0n) is 11.3. The summed E-state index contributed by atoms with van der Waals surface area (Å²) in [6, 6.07) is 5.33. The molecular formula is C14H18ClN3O2. The Morgan fingerprint density at radius 3 is 2.75 bits per heavy atom. The molecule has 0 aromatic heterocycles. The van der Waals surface area contributed by atoms with E-state index in [1.54, 1.807) is 18.2 Å². The highest BCUT2D eigenvalue weighted by molar-refractivity contribution is 6.31. The van der Waals surface area contributed by atoms with Crippen molar-refractivity contribution < 1.29 is 9.59 Å². The van der Waals surface area contributed by atoms with Crippen LogP contribution in [0.5, 0.6) is 0 Å². The van der Waals surface area contributed by atoms with Gasteiger partial charge in [0.25, 0.3) is 0 Å². The molecule has 2 rings (SSSR count). The summed E-state index contributed by atoms with van der Waals surface area (Å²) >= 11 is 5.98. The molecule has 6 heteroatoms. The summed E-state index contributed by atoms with van der Waals surface area (Å²) in [7, 11) is 0. The Hall–Kier alpha value is -1.59. The van der Waals surface area contributed by atoms with Crippen LogP contribution in [0.4, 0.5) is 5.69 Å². The maximum absolute atomic E-state index is 11.8. The van der Waals surface area contributed by atoms with Crippen LogP contribution < -0.4 is 16.4 Å². The van der Waals surface area contributed by atoms with Gasteiger partial charge >= 0.3 is 0 Å². The van der Waals surface area contributed by atoms with E-state index in [4.69, 9.17) is 17.3 Å². The van der Waals surface area contributed by atoms with Gasteiger partial charge in [-0.25, -0.2) is 0 Å². The van der Waals surface area contributed by atoms with Gasteiger partial charge in [0.05, 0.1) is 5.54 Å². The Morgan fingerprint density at radius 2 is 2.10 bits per heavy atom. The smallest absolute Gasteiger partial charge is 0.240 e. The number of amides is 2. The van der Waals surface area contributed by atoms with Gasteiger partial charge in [0, 0.05) is 23.7 Å². The van der Waals surface area contributed by atoms with E-state index in [0.29, 0.717) is 23.6 Å². The predicted molar refractivity (Wildman–Crippen MR) is 78.6 cm³/mol. The van der Waals surface area contributed by atoms with Crippen LogP contribution >= 0.6 is 11.6 Å². The monoisotopic (exact) mass is 295 g/mol. The van der Waals surface area contributed by atoms with Crippen LogP contribution in [0.2, 0.25) is 5.02 Å². The van der Waals surface area contributed by atoms with Crippen LogP contribution in [-0.2, 0) is 9.59 Å². The molecule has 0 spiro atoms. The third kappa shape index (κ3) is 3.49. The zero-order chi connectivity index (χ0) is 14.8. The summed E-state index contributed by atoms with van der Waals surface area (Å²) < 4.78 is 0. The molecule has 20 heavy (non-hydrogen) atoms. The predicted octanol–water partition coefficient (Wildman–Crippen LogP) is 1.58. The first-order valence-corrected chi connectivity index (χ1v) is 6.92. The second kappa shape index (κ2) is 5.81. The van der Waals surface area contributed by atoms with Gasteiger partial charge in [0.15, 0.2) is 0 Å². The molecule has 4 N–H and O–H groups in total. The minimum absolute atomic E-state index is 0.169. The maximum Gasteiger partial charge on any atom is 0.240 e. The minimum atomic E-state index is -0.694. The fourth-order valence-corrected chi connectivity index (χ4v) is 1.96. The summed E-state index contributed by atoms with van der Waals surface area (Å²) in [6.45, 7) is 2.12. The van der Waals surface area contributed by atoms with Crippen molar-refractivity contribution in [3.63, 3.8) is 0 Å². The molecule has 0 radical (unpaired) electrons. The molecule has 1 saturated carbocycles. The molecule has 108 valence electrons. The molecule has 1 aromatic carbocycles. The molecular weight excluding hydrogens is 278 g/mol. The fraction of sp³-hybridized carbons (Fsp3) is 0.429. The molecule has 0 atom stereocenters. The van der Waals surface area contributed by atoms with Crippen molar-refractivity contribution in [2.75, 3.05) is 11.9 Å². The highest BCUT2D eigenvalue weighted by Crippen LogP contribution is 2.32. The van der Waals surface area contributed by atoms with E-state index >= 15 is 0 Å². The highest BCUT2D eigenvalue weighted by atomic mass is 35.5. The van der Waals surface area contributed by atoms with Crippen molar-refractivity contribution in [1.29, 1.82) is 0 Å². The van der Waals surface area contributed by atoms with Gasteiger partial charge < -0.3 is 16.4 Å².